The van der Waals surface area contributed by atoms with Crippen molar-refractivity contribution < 1.29 is 54.2 Å². The van der Waals surface area contributed by atoms with Crippen molar-refractivity contribution in [2.45, 2.75) is 106 Å². The molecule has 0 radical (unpaired) electrons. The molecule has 2 atom stereocenters. The molecular formula is C35H52F2N4O10S2. The normalized spacial score (nSPS) is 18.2. The molecule has 18 heteroatoms. The highest BCUT2D eigenvalue weighted by Gasteiger charge is 2.49. The molecule has 0 spiro atoms. The first kappa shape index (κ1) is 43.6. The van der Waals surface area contributed by atoms with Gasteiger partial charge in [0, 0.05) is 62.5 Å². The van der Waals surface area contributed by atoms with Crippen molar-refractivity contribution in [3.63, 3.8) is 0 Å². The lowest BCUT2D eigenvalue weighted by Crippen LogP contribution is -2.48. The summed E-state index contributed by atoms with van der Waals surface area (Å²) in [6.45, 7) is 12.7. The van der Waals surface area contributed by atoms with E-state index in [-0.39, 0.29) is 73.4 Å². The highest BCUT2D eigenvalue weighted by atomic mass is 32.2. The summed E-state index contributed by atoms with van der Waals surface area (Å²) in [4.78, 5) is 34.4. The molecular weight excluding hydrogens is 739 g/mol. The van der Waals surface area contributed by atoms with E-state index in [1.807, 2.05) is 0 Å². The van der Waals surface area contributed by atoms with E-state index < -0.39 is 65.4 Å². The zero-order chi connectivity index (χ0) is 40.0. The molecule has 2 amide bonds. The Balaban J connectivity index is 0.000000286. The monoisotopic (exact) mass is 790 g/mol. The first-order valence-electron chi connectivity index (χ1n) is 17.2. The lowest BCUT2D eigenvalue weighted by atomic mass is 9.92. The van der Waals surface area contributed by atoms with Gasteiger partial charge in [0.15, 0.2) is 0 Å². The SMILES string of the molecule is COc1ccc(S(=O)(=O)C(C)(F)C2CCN(C(=O)OC(C)(C)C)CC2)cn1.COc1ccc(S(=O)(=O)C(F)C2CCN(C(=O)OC(C)(C)C)CC2)cn1. The molecule has 2 aromatic heterocycles. The number of nitrogens with zero attached hydrogens (tertiary/aromatic N) is 4. The summed E-state index contributed by atoms with van der Waals surface area (Å²) in [6, 6.07) is 5.33. The highest BCUT2D eigenvalue weighted by molar-refractivity contribution is 7.92. The van der Waals surface area contributed by atoms with Crippen LogP contribution in [0, 0.1) is 11.8 Å². The number of carbonyl (C=O) groups excluding carboxylic acids is 2. The van der Waals surface area contributed by atoms with Crippen LogP contribution in [-0.2, 0) is 29.1 Å². The number of amides is 2. The molecule has 2 fully saturated rings. The molecule has 4 heterocycles. The standard InChI is InChI=1S/C18H27FN2O5S.C17H25FN2O5S/c1-17(2,3)26-16(22)21-10-8-13(9-11-21)18(4,19)27(23,24)14-6-7-15(25-5)20-12-14;1-17(2,3)25-16(21)20-9-7-12(8-10-20)15(18)26(22,23)13-5-6-14(24-4)19-11-13/h6-7,12-13H,8-11H2,1-5H3;5-6,11-12,15H,7-10H2,1-4H3. The van der Waals surface area contributed by atoms with Crippen LogP contribution in [0.1, 0.15) is 74.1 Å². The number of aromatic nitrogens is 2. The summed E-state index contributed by atoms with van der Waals surface area (Å²) < 4.78 is 101. The van der Waals surface area contributed by atoms with Crippen LogP contribution in [0.3, 0.4) is 0 Å². The molecule has 2 aliphatic heterocycles. The van der Waals surface area contributed by atoms with Crippen molar-refractivity contribution in [1.29, 1.82) is 0 Å². The third-order valence-corrected chi connectivity index (χ3v) is 12.9. The van der Waals surface area contributed by atoms with Gasteiger partial charge in [-0.2, -0.15) is 0 Å². The zero-order valence-corrected chi connectivity index (χ0v) is 33.4. The third kappa shape index (κ3) is 11.4. The highest BCUT2D eigenvalue weighted by Crippen LogP contribution is 2.39. The van der Waals surface area contributed by atoms with Gasteiger partial charge in [0.25, 0.3) is 0 Å². The molecule has 2 aliphatic rings. The maximum atomic E-state index is 15.4. The van der Waals surface area contributed by atoms with Gasteiger partial charge in [0.1, 0.15) is 11.2 Å². The number of ether oxygens (including phenoxy) is 4. The number of methoxy groups -OCH3 is 2. The molecule has 2 saturated heterocycles. The smallest absolute Gasteiger partial charge is 0.410 e. The quantitative estimate of drug-likeness (QED) is 0.306. The van der Waals surface area contributed by atoms with Gasteiger partial charge < -0.3 is 28.7 Å². The van der Waals surface area contributed by atoms with Crippen LogP contribution in [0.5, 0.6) is 11.8 Å². The van der Waals surface area contributed by atoms with Crippen molar-refractivity contribution in [1.82, 2.24) is 19.8 Å². The average Bonchev–Trinajstić information content (AvgIpc) is 3.10. The number of pyridine rings is 2. The number of halogens is 2. The van der Waals surface area contributed by atoms with Crippen LogP contribution in [0.4, 0.5) is 18.4 Å². The van der Waals surface area contributed by atoms with Gasteiger partial charge in [-0.15, -0.1) is 0 Å². The number of hydrogen-bond donors (Lipinski definition) is 0. The predicted molar refractivity (Wildman–Crippen MR) is 191 cm³/mol. The van der Waals surface area contributed by atoms with Crippen LogP contribution in [0.15, 0.2) is 46.5 Å². The van der Waals surface area contributed by atoms with Crippen LogP contribution in [0.25, 0.3) is 0 Å². The van der Waals surface area contributed by atoms with E-state index in [9.17, 15) is 30.8 Å². The summed E-state index contributed by atoms with van der Waals surface area (Å²) in [6.07, 6.45) is 2.23. The molecule has 298 valence electrons. The van der Waals surface area contributed by atoms with Gasteiger partial charge in [-0.1, -0.05) is 0 Å². The Kier molecular flexibility index (Phi) is 14.1. The Bertz CT molecular complexity index is 1750. The van der Waals surface area contributed by atoms with E-state index in [0.717, 1.165) is 19.3 Å². The van der Waals surface area contributed by atoms with Crippen molar-refractivity contribution >= 4 is 31.9 Å². The minimum absolute atomic E-state index is 0.180. The van der Waals surface area contributed by atoms with Crippen LogP contribution in [0.2, 0.25) is 0 Å². The topological polar surface area (TPSA) is 172 Å². The van der Waals surface area contributed by atoms with Crippen LogP contribution < -0.4 is 9.47 Å². The second kappa shape index (κ2) is 17.1. The molecule has 0 bridgehead atoms. The summed E-state index contributed by atoms with van der Waals surface area (Å²) >= 11 is 0. The van der Waals surface area contributed by atoms with Gasteiger partial charge >= 0.3 is 12.2 Å². The summed E-state index contributed by atoms with van der Waals surface area (Å²) in [5, 5.41) is -2.47. The molecule has 14 nitrogen and oxygen atoms in total. The van der Waals surface area contributed by atoms with Crippen LogP contribution in [-0.4, -0.2) is 111 Å². The molecule has 0 aromatic carbocycles. The van der Waals surface area contributed by atoms with Gasteiger partial charge in [-0.25, -0.2) is 45.2 Å². The fraction of sp³-hybridized carbons (Fsp3) is 0.657. The van der Waals surface area contributed by atoms with Crippen molar-refractivity contribution in [3.05, 3.63) is 36.7 Å². The van der Waals surface area contributed by atoms with Gasteiger partial charge in [0.2, 0.25) is 41.9 Å². The largest absolute Gasteiger partial charge is 0.481 e. The number of hydrogen-bond acceptors (Lipinski definition) is 12. The molecule has 0 N–H and O–H groups in total. The Hall–Kier alpha value is -3.80. The molecule has 2 aromatic rings. The minimum atomic E-state index is -4.25. The Labute approximate surface area is 311 Å². The molecule has 0 saturated carbocycles. The Morgan fingerprint density at radius 3 is 1.47 bits per heavy atom. The average molecular weight is 791 g/mol. The van der Waals surface area contributed by atoms with Crippen molar-refractivity contribution in [3.8, 4) is 11.8 Å². The van der Waals surface area contributed by atoms with Crippen molar-refractivity contribution in [2.24, 2.45) is 11.8 Å². The molecule has 4 rings (SSSR count). The third-order valence-electron chi connectivity index (χ3n) is 8.74. The summed E-state index contributed by atoms with van der Waals surface area (Å²) in [5.41, 5.74) is -3.27. The fourth-order valence-electron chi connectivity index (χ4n) is 5.71. The fourth-order valence-corrected chi connectivity index (χ4v) is 8.78. The first-order valence-corrected chi connectivity index (χ1v) is 20.2. The number of rotatable bonds is 8. The summed E-state index contributed by atoms with van der Waals surface area (Å²) in [5.74, 6) is -0.908. The molecule has 2 unspecified atom stereocenters. The van der Waals surface area contributed by atoms with E-state index in [2.05, 4.69) is 9.97 Å². The van der Waals surface area contributed by atoms with E-state index in [1.165, 1.54) is 48.3 Å². The number of carbonyl (C=O) groups is 2. The van der Waals surface area contributed by atoms with E-state index in [1.54, 1.807) is 41.5 Å². The van der Waals surface area contributed by atoms with E-state index in [4.69, 9.17) is 18.9 Å². The zero-order valence-electron chi connectivity index (χ0n) is 31.8. The number of likely N-dealkylation sites (tertiary alicyclic amines) is 2. The second-order valence-electron chi connectivity index (χ2n) is 15.0. The molecule has 53 heavy (non-hydrogen) atoms. The van der Waals surface area contributed by atoms with Gasteiger partial charge in [0.05, 0.1) is 24.0 Å². The second-order valence-corrected chi connectivity index (χ2v) is 19.3. The Morgan fingerprint density at radius 1 is 0.717 bits per heavy atom. The van der Waals surface area contributed by atoms with Gasteiger partial charge in [-0.05, 0) is 86.3 Å². The maximum absolute atomic E-state index is 15.4. The lowest BCUT2D eigenvalue weighted by Gasteiger charge is -2.38. The number of sulfone groups is 2. The maximum Gasteiger partial charge on any atom is 0.410 e. The summed E-state index contributed by atoms with van der Waals surface area (Å²) in [7, 11) is -5.58. The first-order chi connectivity index (χ1) is 24.4. The number of piperidine rings is 2. The lowest BCUT2D eigenvalue weighted by molar-refractivity contribution is 0.0128. The molecule has 0 aliphatic carbocycles. The predicted octanol–water partition coefficient (Wildman–Crippen LogP) is 6.00. The van der Waals surface area contributed by atoms with Crippen LogP contribution >= 0.6 is 0 Å². The Morgan fingerprint density at radius 2 is 1.11 bits per heavy atom. The van der Waals surface area contributed by atoms with E-state index in [0.29, 0.717) is 0 Å². The number of alkyl halides is 2. The van der Waals surface area contributed by atoms with Crippen molar-refractivity contribution in [2.75, 3.05) is 40.4 Å². The minimum Gasteiger partial charge on any atom is -0.481 e. The van der Waals surface area contributed by atoms with E-state index >= 15 is 4.39 Å². The van der Waals surface area contributed by atoms with Gasteiger partial charge in [-0.3, -0.25) is 0 Å².